The fraction of sp³-hybridized carbons (Fsp3) is 0.185. The van der Waals surface area contributed by atoms with Crippen molar-refractivity contribution in [3.63, 3.8) is 0 Å². The zero-order valence-corrected chi connectivity index (χ0v) is 18.8. The second-order valence-corrected chi connectivity index (χ2v) is 7.94. The lowest BCUT2D eigenvalue weighted by atomic mass is 9.97. The van der Waals surface area contributed by atoms with E-state index in [1.54, 1.807) is 12.1 Å². The SMILES string of the molecule is CCCn1c2ccc(C(=O)C=NOC(C)=O)cc2c2cc(C(=O)c3ccccc3C)ccc21. The Kier molecular flexibility index (Phi) is 6.18. The highest BCUT2D eigenvalue weighted by Gasteiger charge is 2.17. The number of oxime groups is 1. The molecule has 1 aromatic heterocycles. The van der Waals surface area contributed by atoms with Crippen molar-refractivity contribution in [3.8, 4) is 0 Å². The summed E-state index contributed by atoms with van der Waals surface area (Å²) < 4.78 is 2.20. The molecule has 0 saturated carbocycles. The molecule has 0 bridgehead atoms. The molecule has 0 aliphatic rings. The lowest BCUT2D eigenvalue weighted by Gasteiger charge is -2.07. The fourth-order valence-corrected chi connectivity index (χ4v) is 4.07. The number of hydrogen-bond donors (Lipinski definition) is 0. The molecule has 0 fully saturated rings. The topological polar surface area (TPSA) is 77.7 Å². The number of fused-ring (bicyclic) bond motifs is 3. The summed E-state index contributed by atoms with van der Waals surface area (Å²) in [6.07, 6.45) is 1.93. The van der Waals surface area contributed by atoms with Crippen LogP contribution in [0.4, 0.5) is 0 Å². The maximum atomic E-state index is 13.2. The Morgan fingerprint density at radius 1 is 0.939 bits per heavy atom. The third-order valence-electron chi connectivity index (χ3n) is 5.60. The lowest BCUT2D eigenvalue weighted by Crippen LogP contribution is -2.03. The summed E-state index contributed by atoms with van der Waals surface area (Å²) in [7, 11) is 0. The van der Waals surface area contributed by atoms with E-state index in [4.69, 9.17) is 0 Å². The average molecular weight is 440 g/mol. The number of hydrogen-bond acceptors (Lipinski definition) is 5. The summed E-state index contributed by atoms with van der Waals surface area (Å²) in [6.45, 7) is 6.06. The van der Waals surface area contributed by atoms with Gasteiger partial charge in [-0.1, -0.05) is 36.3 Å². The van der Waals surface area contributed by atoms with E-state index in [-0.39, 0.29) is 11.6 Å². The summed E-state index contributed by atoms with van der Waals surface area (Å²) in [5, 5.41) is 5.22. The maximum absolute atomic E-state index is 13.2. The number of benzene rings is 3. The van der Waals surface area contributed by atoms with Gasteiger partial charge in [-0.2, -0.15) is 0 Å². The summed E-state index contributed by atoms with van der Waals surface area (Å²) in [4.78, 5) is 41.1. The summed E-state index contributed by atoms with van der Waals surface area (Å²) in [6, 6.07) is 18.7. The molecule has 4 aromatic rings. The molecule has 0 spiro atoms. The van der Waals surface area contributed by atoms with Crippen LogP contribution in [0.25, 0.3) is 21.8 Å². The van der Waals surface area contributed by atoms with E-state index in [9.17, 15) is 14.4 Å². The Labute approximate surface area is 191 Å². The molecule has 0 aliphatic heterocycles. The van der Waals surface area contributed by atoms with Crippen molar-refractivity contribution in [2.24, 2.45) is 5.16 Å². The zero-order valence-electron chi connectivity index (χ0n) is 18.8. The minimum atomic E-state index is -0.594. The van der Waals surface area contributed by atoms with Gasteiger partial charge in [-0.15, -0.1) is 0 Å². The predicted octanol–water partition coefficient (Wildman–Crippen LogP) is 5.48. The average Bonchev–Trinajstić information content (AvgIpc) is 3.11. The van der Waals surface area contributed by atoms with Crippen LogP contribution in [-0.2, 0) is 16.2 Å². The molecule has 0 radical (unpaired) electrons. The van der Waals surface area contributed by atoms with Crippen LogP contribution >= 0.6 is 0 Å². The van der Waals surface area contributed by atoms with E-state index in [2.05, 4.69) is 21.5 Å². The molecule has 0 saturated heterocycles. The fourth-order valence-electron chi connectivity index (χ4n) is 4.07. The highest BCUT2D eigenvalue weighted by Crippen LogP contribution is 2.32. The highest BCUT2D eigenvalue weighted by molar-refractivity contribution is 6.36. The van der Waals surface area contributed by atoms with E-state index >= 15 is 0 Å². The van der Waals surface area contributed by atoms with Crippen LogP contribution in [0.2, 0.25) is 0 Å². The Hall–Kier alpha value is -4.06. The van der Waals surface area contributed by atoms with E-state index in [0.717, 1.165) is 46.5 Å². The molecule has 4 rings (SSSR count). The molecule has 0 amide bonds. The number of aryl methyl sites for hydroxylation is 2. The Bertz CT molecular complexity index is 1430. The summed E-state index contributed by atoms with van der Waals surface area (Å²) >= 11 is 0. The van der Waals surface area contributed by atoms with E-state index < -0.39 is 5.97 Å². The largest absolute Gasteiger partial charge is 0.340 e. The second-order valence-electron chi connectivity index (χ2n) is 7.94. The molecule has 1 heterocycles. The zero-order chi connectivity index (χ0) is 23.5. The first-order chi connectivity index (χ1) is 15.9. The monoisotopic (exact) mass is 440 g/mol. The van der Waals surface area contributed by atoms with Crippen molar-refractivity contribution in [2.45, 2.75) is 33.7 Å². The third kappa shape index (κ3) is 4.32. The third-order valence-corrected chi connectivity index (χ3v) is 5.60. The van der Waals surface area contributed by atoms with Gasteiger partial charge in [0.25, 0.3) is 0 Å². The highest BCUT2D eigenvalue weighted by atomic mass is 16.7. The molecular weight excluding hydrogens is 416 g/mol. The predicted molar refractivity (Wildman–Crippen MR) is 129 cm³/mol. The Morgan fingerprint density at radius 2 is 1.58 bits per heavy atom. The van der Waals surface area contributed by atoms with Crippen LogP contribution < -0.4 is 0 Å². The van der Waals surface area contributed by atoms with Crippen LogP contribution in [0.15, 0.2) is 65.8 Å². The van der Waals surface area contributed by atoms with Crippen molar-refractivity contribution >= 4 is 45.6 Å². The van der Waals surface area contributed by atoms with Crippen molar-refractivity contribution < 1.29 is 19.2 Å². The number of rotatable bonds is 7. The van der Waals surface area contributed by atoms with Gasteiger partial charge in [0.2, 0.25) is 5.78 Å². The number of carbonyl (C=O) groups excluding carboxylic acids is 3. The number of aromatic nitrogens is 1. The van der Waals surface area contributed by atoms with Gasteiger partial charge in [0.05, 0.1) is 0 Å². The number of Topliss-reactive ketones (excluding diaryl/α,β-unsaturated/α-hetero) is 1. The van der Waals surface area contributed by atoms with Gasteiger partial charge in [-0.3, -0.25) is 9.59 Å². The van der Waals surface area contributed by atoms with Crippen LogP contribution in [-0.4, -0.2) is 28.3 Å². The molecule has 33 heavy (non-hydrogen) atoms. The smallest absolute Gasteiger partial charge is 0.331 e. The van der Waals surface area contributed by atoms with E-state index in [1.807, 2.05) is 55.5 Å². The molecule has 3 aromatic carbocycles. The molecule has 6 heteroatoms. The molecule has 0 atom stereocenters. The Balaban J connectivity index is 1.84. The van der Waals surface area contributed by atoms with Crippen molar-refractivity contribution in [1.29, 1.82) is 0 Å². The van der Waals surface area contributed by atoms with Gasteiger partial charge < -0.3 is 9.40 Å². The van der Waals surface area contributed by atoms with Gasteiger partial charge in [0.1, 0.15) is 6.21 Å². The minimum absolute atomic E-state index is 0.0351. The van der Waals surface area contributed by atoms with Gasteiger partial charge in [-0.05, 0) is 55.3 Å². The minimum Gasteiger partial charge on any atom is -0.340 e. The van der Waals surface area contributed by atoms with Crippen LogP contribution in [0.1, 0.15) is 52.1 Å². The van der Waals surface area contributed by atoms with Crippen LogP contribution in [0.3, 0.4) is 0 Å². The molecule has 0 aliphatic carbocycles. The van der Waals surface area contributed by atoms with Gasteiger partial charge in [-0.25, -0.2) is 4.79 Å². The first-order valence-electron chi connectivity index (χ1n) is 10.8. The number of ketones is 2. The Morgan fingerprint density at radius 3 is 2.21 bits per heavy atom. The van der Waals surface area contributed by atoms with Gasteiger partial charge >= 0.3 is 5.97 Å². The summed E-state index contributed by atoms with van der Waals surface area (Å²) in [5.41, 5.74) is 4.61. The van der Waals surface area contributed by atoms with Crippen molar-refractivity contribution in [1.82, 2.24) is 4.57 Å². The quantitative estimate of drug-likeness (QED) is 0.165. The number of nitrogens with zero attached hydrogens (tertiary/aromatic N) is 2. The second kappa shape index (κ2) is 9.20. The summed E-state index contributed by atoms with van der Waals surface area (Å²) in [5.74, 6) is -1.00. The molecule has 6 nitrogen and oxygen atoms in total. The molecule has 0 unspecified atom stereocenters. The maximum Gasteiger partial charge on any atom is 0.331 e. The van der Waals surface area contributed by atoms with Crippen molar-refractivity contribution in [2.75, 3.05) is 0 Å². The van der Waals surface area contributed by atoms with Crippen molar-refractivity contribution in [3.05, 3.63) is 82.9 Å². The molecular formula is C27H24N2O4. The van der Waals surface area contributed by atoms with E-state index in [1.165, 1.54) is 6.92 Å². The van der Waals surface area contributed by atoms with Crippen LogP contribution in [0, 0.1) is 6.92 Å². The normalized spacial score (nSPS) is 11.4. The first-order valence-corrected chi connectivity index (χ1v) is 10.8. The first kappa shape index (κ1) is 22.1. The lowest BCUT2D eigenvalue weighted by molar-refractivity contribution is -0.140. The standard InChI is InChI=1S/C27H24N2O4/c1-4-13-29-24-11-9-19(26(31)16-28-33-18(3)30)14-22(24)23-15-20(10-12-25(23)29)27(32)21-8-6-5-7-17(21)2/h5-12,14-16H,4,13H2,1-3H3. The molecule has 0 N–H and O–H groups in total. The van der Waals surface area contributed by atoms with Gasteiger partial charge in [0, 0.05) is 52.0 Å². The number of carbonyl (C=O) groups is 3. The van der Waals surface area contributed by atoms with Gasteiger partial charge in [0.15, 0.2) is 5.78 Å². The molecule has 166 valence electrons. The van der Waals surface area contributed by atoms with E-state index in [0.29, 0.717) is 16.7 Å². The van der Waals surface area contributed by atoms with Crippen LogP contribution in [0.5, 0.6) is 0 Å².